The second-order valence-electron chi connectivity index (χ2n) is 4.84. The van der Waals surface area contributed by atoms with Crippen LogP contribution in [0.3, 0.4) is 0 Å². The molecule has 0 saturated heterocycles. The van der Waals surface area contributed by atoms with E-state index >= 15 is 0 Å². The number of carbonyl (C=O) groups is 2. The Hall–Kier alpha value is -3.46. The maximum Gasteiger partial charge on any atom is 0.248 e. The van der Waals surface area contributed by atoms with E-state index in [2.05, 4.69) is 10.6 Å². The fourth-order valence-electron chi connectivity index (χ4n) is 1.88. The average molecular weight is 323 g/mol. The summed E-state index contributed by atoms with van der Waals surface area (Å²) in [5.41, 5.74) is 1.66. The first-order chi connectivity index (χ1) is 11.6. The van der Waals surface area contributed by atoms with Crippen molar-refractivity contribution in [3.8, 4) is 6.07 Å². The molecule has 0 aliphatic rings. The van der Waals surface area contributed by atoms with Crippen LogP contribution < -0.4 is 10.6 Å². The number of carbonyl (C=O) groups excluding carboxylic acids is 2. The number of anilines is 2. The molecule has 2 aromatic carbocycles. The predicted molar refractivity (Wildman–Crippen MR) is 89.4 cm³/mol. The van der Waals surface area contributed by atoms with Crippen LogP contribution in [0.25, 0.3) is 6.08 Å². The normalized spacial score (nSPS) is 10.2. The molecule has 0 atom stereocenters. The molecule has 2 amide bonds. The molecule has 0 bridgehead atoms. The quantitative estimate of drug-likeness (QED) is 0.828. The van der Waals surface area contributed by atoms with Gasteiger partial charge in [-0.3, -0.25) is 9.59 Å². The fraction of sp³-hybridized carbons (Fsp3) is 0.0556. The lowest BCUT2D eigenvalue weighted by Crippen LogP contribution is -2.10. The molecule has 2 aromatic rings. The lowest BCUT2D eigenvalue weighted by Gasteiger charge is -2.05. The van der Waals surface area contributed by atoms with E-state index < -0.39 is 5.91 Å². The van der Waals surface area contributed by atoms with Gasteiger partial charge in [-0.1, -0.05) is 12.1 Å². The summed E-state index contributed by atoms with van der Waals surface area (Å²) < 4.78 is 13.0. The summed E-state index contributed by atoms with van der Waals surface area (Å²) in [5.74, 6) is -1.13. The molecule has 0 fully saturated rings. The summed E-state index contributed by atoms with van der Waals surface area (Å²) in [6.45, 7) is 0. The zero-order chi connectivity index (χ0) is 17.4. The van der Waals surface area contributed by atoms with Crippen molar-refractivity contribution in [2.75, 3.05) is 10.6 Å². The van der Waals surface area contributed by atoms with E-state index in [0.717, 1.165) is 0 Å². The fourth-order valence-corrected chi connectivity index (χ4v) is 1.88. The Morgan fingerprint density at radius 2 is 1.75 bits per heavy atom. The number of nitrogens with one attached hydrogen (secondary N) is 2. The SMILES string of the molecule is N#CCC(=O)Nc1ccc(NC(=O)/C=C/c2cccc(F)c2)cc1. The molecule has 0 aliphatic carbocycles. The number of rotatable bonds is 5. The molecule has 0 radical (unpaired) electrons. The van der Waals surface area contributed by atoms with Gasteiger partial charge in [0, 0.05) is 17.5 Å². The molecule has 2 N–H and O–H groups in total. The van der Waals surface area contributed by atoms with Gasteiger partial charge < -0.3 is 10.6 Å². The second-order valence-corrected chi connectivity index (χ2v) is 4.84. The molecular formula is C18H14FN3O2. The number of hydrogen-bond acceptors (Lipinski definition) is 3. The minimum atomic E-state index is -0.396. The number of amides is 2. The molecule has 24 heavy (non-hydrogen) atoms. The molecule has 0 unspecified atom stereocenters. The van der Waals surface area contributed by atoms with E-state index in [1.165, 1.54) is 24.3 Å². The van der Waals surface area contributed by atoms with E-state index in [-0.39, 0.29) is 18.1 Å². The van der Waals surface area contributed by atoms with Gasteiger partial charge in [0.2, 0.25) is 11.8 Å². The van der Waals surface area contributed by atoms with Gasteiger partial charge in [0.05, 0.1) is 6.07 Å². The summed E-state index contributed by atoms with van der Waals surface area (Å²) in [4.78, 5) is 23.1. The zero-order valence-electron chi connectivity index (χ0n) is 12.6. The van der Waals surface area contributed by atoms with Gasteiger partial charge in [-0.15, -0.1) is 0 Å². The van der Waals surface area contributed by atoms with Crippen LogP contribution in [0.15, 0.2) is 54.6 Å². The largest absolute Gasteiger partial charge is 0.325 e. The topological polar surface area (TPSA) is 82.0 Å². The molecule has 0 heterocycles. The Bertz CT molecular complexity index is 808. The summed E-state index contributed by atoms with van der Waals surface area (Å²) in [6, 6.07) is 14.1. The highest BCUT2D eigenvalue weighted by Gasteiger charge is 2.02. The van der Waals surface area contributed by atoms with Gasteiger partial charge in [0.15, 0.2) is 0 Å². The summed E-state index contributed by atoms with van der Waals surface area (Å²) >= 11 is 0. The van der Waals surface area contributed by atoms with Crippen LogP contribution in [0.2, 0.25) is 0 Å². The third kappa shape index (κ3) is 5.39. The van der Waals surface area contributed by atoms with Gasteiger partial charge in [0.1, 0.15) is 12.2 Å². The van der Waals surface area contributed by atoms with Crippen molar-refractivity contribution in [1.82, 2.24) is 0 Å². The van der Waals surface area contributed by atoms with E-state index in [0.29, 0.717) is 16.9 Å². The molecule has 120 valence electrons. The monoisotopic (exact) mass is 323 g/mol. The van der Waals surface area contributed by atoms with Crippen LogP contribution in [-0.2, 0) is 9.59 Å². The second kappa shape index (κ2) is 8.25. The first kappa shape index (κ1) is 16.9. The van der Waals surface area contributed by atoms with Gasteiger partial charge in [-0.2, -0.15) is 5.26 Å². The average Bonchev–Trinajstić information content (AvgIpc) is 2.55. The first-order valence-corrected chi connectivity index (χ1v) is 7.08. The van der Waals surface area contributed by atoms with Crippen LogP contribution in [-0.4, -0.2) is 11.8 Å². The van der Waals surface area contributed by atoms with E-state index in [4.69, 9.17) is 5.26 Å². The third-order valence-electron chi connectivity index (χ3n) is 2.95. The van der Waals surface area contributed by atoms with Gasteiger partial charge in [-0.05, 0) is 48.0 Å². The number of hydrogen-bond donors (Lipinski definition) is 2. The Morgan fingerprint density at radius 3 is 2.38 bits per heavy atom. The predicted octanol–water partition coefficient (Wildman–Crippen LogP) is 3.33. The number of nitriles is 1. The highest BCUT2D eigenvalue weighted by molar-refractivity contribution is 6.02. The van der Waals surface area contributed by atoms with Crippen LogP contribution >= 0.6 is 0 Å². The van der Waals surface area contributed by atoms with Crippen molar-refractivity contribution in [1.29, 1.82) is 5.26 Å². The van der Waals surface area contributed by atoms with Gasteiger partial charge >= 0.3 is 0 Å². The van der Waals surface area contributed by atoms with Crippen molar-refractivity contribution in [3.63, 3.8) is 0 Å². The van der Waals surface area contributed by atoms with Crippen molar-refractivity contribution < 1.29 is 14.0 Å². The maximum absolute atomic E-state index is 13.0. The minimum absolute atomic E-state index is 0.219. The van der Waals surface area contributed by atoms with E-state index in [1.54, 1.807) is 42.5 Å². The molecule has 0 aliphatic heterocycles. The smallest absolute Gasteiger partial charge is 0.248 e. The Labute approximate surface area is 138 Å². The van der Waals surface area contributed by atoms with Crippen molar-refractivity contribution in [2.45, 2.75) is 6.42 Å². The Balaban J connectivity index is 1.92. The van der Waals surface area contributed by atoms with Gasteiger partial charge in [0.25, 0.3) is 0 Å². The van der Waals surface area contributed by atoms with Gasteiger partial charge in [-0.25, -0.2) is 4.39 Å². The third-order valence-corrected chi connectivity index (χ3v) is 2.95. The van der Waals surface area contributed by atoms with E-state index in [9.17, 15) is 14.0 Å². The standard InChI is InChI=1S/C18H14FN3O2/c19-14-3-1-2-13(12-14)4-9-17(23)21-15-5-7-16(8-6-15)22-18(24)10-11-20/h1-9,12H,10H2,(H,21,23)(H,22,24)/b9-4+. The van der Waals surface area contributed by atoms with Crippen molar-refractivity contribution in [2.24, 2.45) is 0 Å². The van der Waals surface area contributed by atoms with Crippen LogP contribution in [0.4, 0.5) is 15.8 Å². The molecule has 0 spiro atoms. The molecule has 5 nitrogen and oxygen atoms in total. The lowest BCUT2D eigenvalue weighted by atomic mass is 10.2. The van der Waals surface area contributed by atoms with Crippen LogP contribution in [0.5, 0.6) is 0 Å². The Morgan fingerprint density at radius 1 is 1.08 bits per heavy atom. The summed E-state index contributed by atoms with van der Waals surface area (Å²) in [7, 11) is 0. The van der Waals surface area contributed by atoms with Crippen molar-refractivity contribution in [3.05, 3.63) is 66.0 Å². The van der Waals surface area contributed by atoms with Crippen LogP contribution in [0, 0.1) is 17.1 Å². The maximum atomic E-state index is 13.0. The molecular weight excluding hydrogens is 309 g/mol. The number of nitrogens with zero attached hydrogens (tertiary/aromatic N) is 1. The minimum Gasteiger partial charge on any atom is -0.325 e. The molecule has 0 aromatic heterocycles. The number of halogens is 1. The van der Waals surface area contributed by atoms with Crippen LogP contribution in [0.1, 0.15) is 12.0 Å². The summed E-state index contributed by atoms with van der Waals surface area (Å²) in [6.07, 6.45) is 2.59. The first-order valence-electron chi connectivity index (χ1n) is 7.08. The number of benzene rings is 2. The molecule has 2 rings (SSSR count). The highest BCUT2D eigenvalue weighted by atomic mass is 19.1. The molecule has 6 heteroatoms. The Kier molecular flexibility index (Phi) is 5.81. The van der Waals surface area contributed by atoms with Crippen molar-refractivity contribution >= 4 is 29.3 Å². The van der Waals surface area contributed by atoms with E-state index in [1.807, 2.05) is 0 Å². The lowest BCUT2D eigenvalue weighted by molar-refractivity contribution is -0.115. The zero-order valence-corrected chi connectivity index (χ0v) is 12.6. The molecule has 0 saturated carbocycles. The summed E-state index contributed by atoms with van der Waals surface area (Å²) in [5, 5.41) is 13.6. The highest BCUT2D eigenvalue weighted by Crippen LogP contribution is 2.14.